The normalized spacial score (nSPS) is 12.0. The molecule has 3 aromatic rings. The third kappa shape index (κ3) is 6.57. The fourth-order valence-corrected chi connectivity index (χ4v) is 5.74. The van der Waals surface area contributed by atoms with Gasteiger partial charge in [-0.1, -0.05) is 54.9 Å². The van der Waals surface area contributed by atoms with Gasteiger partial charge in [0, 0.05) is 22.2 Å². The Morgan fingerprint density at radius 2 is 1.58 bits per heavy atom. The largest absolute Gasteiger partial charge is 0.357 e. The van der Waals surface area contributed by atoms with Crippen molar-refractivity contribution in [2.45, 2.75) is 30.8 Å². The molecule has 0 spiro atoms. The second-order valence-electron chi connectivity index (χ2n) is 7.95. The molecule has 0 saturated carbocycles. The molecule has 1 unspecified atom stereocenters. The average Bonchev–Trinajstić information content (AvgIpc) is 2.89. The SMILES string of the molecule is CCC(C(=O)NC)N(Cc1ccccc1Cl)C(=O)CN(c1ccc(I)cc1)S(=O)(=O)c1ccccc1. The maximum absolute atomic E-state index is 13.8. The van der Waals surface area contributed by atoms with Crippen molar-refractivity contribution in [2.75, 3.05) is 17.9 Å². The Labute approximate surface area is 230 Å². The minimum atomic E-state index is -4.08. The number of nitrogens with one attached hydrogen (secondary N) is 1. The van der Waals surface area contributed by atoms with Crippen LogP contribution in [0.3, 0.4) is 0 Å². The number of carbonyl (C=O) groups excluding carboxylic acids is 2. The summed E-state index contributed by atoms with van der Waals surface area (Å²) in [4.78, 5) is 28.0. The first kappa shape index (κ1) is 27.9. The van der Waals surface area contributed by atoms with E-state index in [1.54, 1.807) is 73.7 Å². The van der Waals surface area contributed by atoms with E-state index in [-0.39, 0.29) is 17.3 Å². The van der Waals surface area contributed by atoms with Gasteiger partial charge in [-0.2, -0.15) is 0 Å². The van der Waals surface area contributed by atoms with Gasteiger partial charge < -0.3 is 10.2 Å². The van der Waals surface area contributed by atoms with Crippen molar-refractivity contribution in [1.82, 2.24) is 10.2 Å². The third-order valence-corrected chi connectivity index (χ3v) is 8.53. The molecule has 0 heterocycles. The number of anilines is 1. The Balaban J connectivity index is 2.05. The van der Waals surface area contributed by atoms with E-state index < -0.39 is 28.5 Å². The van der Waals surface area contributed by atoms with Gasteiger partial charge in [0.15, 0.2) is 0 Å². The van der Waals surface area contributed by atoms with E-state index in [0.29, 0.717) is 22.7 Å². The molecule has 0 aromatic heterocycles. The standard InChI is InChI=1S/C26H27ClIN3O4S/c1-3-24(26(33)29-2)30(17-19-9-7-8-12-23(19)27)25(32)18-31(21-15-13-20(28)14-16-21)36(34,35)22-10-5-4-6-11-22/h4-16,24H,3,17-18H2,1-2H3,(H,29,33). The first-order chi connectivity index (χ1) is 17.2. The number of sulfonamides is 1. The van der Waals surface area contributed by atoms with E-state index in [0.717, 1.165) is 7.88 Å². The van der Waals surface area contributed by atoms with Gasteiger partial charge in [-0.05, 0) is 77.0 Å². The van der Waals surface area contributed by atoms with Gasteiger partial charge in [-0.3, -0.25) is 13.9 Å². The first-order valence-corrected chi connectivity index (χ1v) is 14.2. The van der Waals surface area contributed by atoms with Gasteiger partial charge in [0.05, 0.1) is 10.6 Å². The summed E-state index contributed by atoms with van der Waals surface area (Å²) >= 11 is 8.49. The summed E-state index contributed by atoms with van der Waals surface area (Å²) in [5.41, 5.74) is 1.000. The summed E-state index contributed by atoms with van der Waals surface area (Å²) < 4.78 is 29.3. The van der Waals surface area contributed by atoms with Gasteiger partial charge in [0.1, 0.15) is 12.6 Å². The number of amides is 2. The lowest BCUT2D eigenvalue weighted by atomic mass is 10.1. The number of carbonyl (C=O) groups is 2. The summed E-state index contributed by atoms with van der Waals surface area (Å²) in [6.45, 7) is 1.36. The van der Waals surface area contributed by atoms with Crippen LogP contribution in [0, 0.1) is 3.57 Å². The monoisotopic (exact) mass is 639 g/mol. The summed E-state index contributed by atoms with van der Waals surface area (Å²) in [5, 5.41) is 3.05. The molecule has 0 aliphatic heterocycles. The summed E-state index contributed by atoms with van der Waals surface area (Å²) in [6.07, 6.45) is 0.338. The molecule has 2 amide bonds. The van der Waals surface area contributed by atoms with Gasteiger partial charge >= 0.3 is 0 Å². The fourth-order valence-electron chi connectivity index (χ4n) is 3.75. The number of likely N-dealkylation sites (N-methyl/N-ethyl adjacent to an activating group) is 1. The quantitative estimate of drug-likeness (QED) is 0.326. The third-order valence-electron chi connectivity index (χ3n) is 5.66. The molecule has 0 radical (unpaired) electrons. The molecule has 0 saturated heterocycles. The highest BCUT2D eigenvalue weighted by molar-refractivity contribution is 14.1. The van der Waals surface area contributed by atoms with E-state index in [1.165, 1.54) is 24.1 Å². The van der Waals surface area contributed by atoms with Crippen molar-refractivity contribution >= 4 is 61.7 Å². The predicted molar refractivity (Wildman–Crippen MR) is 150 cm³/mol. The minimum Gasteiger partial charge on any atom is -0.357 e. The summed E-state index contributed by atoms with van der Waals surface area (Å²) in [6, 6.07) is 21.1. The number of rotatable bonds is 10. The van der Waals surface area contributed by atoms with Crippen molar-refractivity contribution < 1.29 is 18.0 Å². The van der Waals surface area contributed by atoms with E-state index in [4.69, 9.17) is 11.6 Å². The predicted octanol–water partition coefficient (Wildman–Crippen LogP) is 4.69. The van der Waals surface area contributed by atoms with E-state index >= 15 is 0 Å². The van der Waals surface area contributed by atoms with Gasteiger partial charge in [0.25, 0.3) is 10.0 Å². The molecular formula is C26H27ClIN3O4S. The number of benzene rings is 3. The van der Waals surface area contributed by atoms with Crippen molar-refractivity contribution in [1.29, 1.82) is 0 Å². The lowest BCUT2D eigenvalue weighted by Gasteiger charge is -2.33. The molecule has 10 heteroatoms. The molecular weight excluding hydrogens is 613 g/mol. The van der Waals surface area contributed by atoms with Crippen LogP contribution in [0.2, 0.25) is 5.02 Å². The van der Waals surface area contributed by atoms with Gasteiger partial charge in [-0.25, -0.2) is 8.42 Å². The Kier molecular flexibility index (Phi) is 9.75. The lowest BCUT2D eigenvalue weighted by molar-refractivity contribution is -0.140. The Morgan fingerprint density at radius 1 is 0.972 bits per heavy atom. The smallest absolute Gasteiger partial charge is 0.264 e. The highest BCUT2D eigenvalue weighted by atomic mass is 127. The molecule has 7 nitrogen and oxygen atoms in total. The Hall–Kier alpha value is -2.63. The molecule has 3 aromatic carbocycles. The van der Waals surface area contributed by atoms with Gasteiger partial charge in [0.2, 0.25) is 11.8 Å². The Morgan fingerprint density at radius 3 is 2.17 bits per heavy atom. The first-order valence-electron chi connectivity index (χ1n) is 11.3. The number of hydrogen-bond donors (Lipinski definition) is 1. The van der Waals surface area contributed by atoms with Crippen LogP contribution in [-0.2, 0) is 26.2 Å². The summed E-state index contributed by atoms with van der Waals surface area (Å²) in [5.74, 6) is -0.868. The van der Waals surface area contributed by atoms with Crippen molar-refractivity contribution in [3.8, 4) is 0 Å². The van der Waals surface area contributed by atoms with Crippen molar-refractivity contribution in [3.05, 3.63) is 93.0 Å². The van der Waals surface area contributed by atoms with Crippen molar-refractivity contribution in [2.24, 2.45) is 0 Å². The maximum atomic E-state index is 13.8. The van der Waals surface area contributed by atoms with Crippen LogP contribution in [0.25, 0.3) is 0 Å². The van der Waals surface area contributed by atoms with Crippen LogP contribution in [0.1, 0.15) is 18.9 Å². The van der Waals surface area contributed by atoms with Crippen LogP contribution in [-0.4, -0.2) is 44.8 Å². The summed E-state index contributed by atoms with van der Waals surface area (Å²) in [7, 11) is -2.58. The number of nitrogens with zero attached hydrogens (tertiary/aromatic N) is 2. The van der Waals surface area contributed by atoms with Crippen LogP contribution >= 0.6 is 34.2 Å². The van der Waals surface area contributed by atoms with Crippen LogP contribution < -0.4 is 9.62 Å². The second kappa shape index (κ2) is 12.6. The van der Waals surface area contributed by atoms with E-state index in [2.05, 4.69) is 27.9 Å². The molecule has 0 aliphatic carbocycles. The molecule has 1 atom stereocenters. The molecule has 190 valence electrons. The highest BCUT2D eigenvalue weighted by Gasteiger charge is 2.33. The van der Waals surface area contributed by atoms with E-state index in [1.807, 2.05) is 0 Å². The minimum absolute atomic E-state index is 0.0519. The molecule has 0 aliphatic rings. The highest BCUT2D eigenvalue weighted by Crippen LogP contribution is 2.26. The van der Waals surface area contributed by atoms with Crippen LogP contribution in [0.5, 0.6) is 0 Å². The molecule has 36 heavy (non-hydrogen) atoms. The lowest BCUT2D eigenvalue weighted by Crippen LogP contribution is -2.51. The molecule has 0 fully saturated rings. The van der Waals surface area contributed by atoms with E-state index in [9.17, 15) is 18.0 Å². The topological polar surface area (TPSA) is 86.8 Å². The zero-order valence-corrected chi connectivity index (χ0v) is 23.6. The van der Waals surface area contributed by atoms with Crippen molar-refractivity contribution in [3.63, 3.8) is 0 Å². The maximum Gasteiger partial charge on any atom is 0.264 e. The fraction of sp³-hybridized carbons (Fsp3) is 0.231. The molecule has 0 bridgehead atoms. The zero-order valence-electron chi connectivity index (χ0n) is 19.9. The van der Waals surface area contributed by atoms with Crippen LogP contribution in [0.4, 0.5) is 5.69 Å². The zero-order chi connectivity index (χ0) is 26.3. The number of halogens is 2. The molecule has 3 rings (SSSR count). The molecule has 1 N–H and O–H groups in total. The second-order valence-corrected chi connectivity index (χ2v) is 11.5. The van der Waals surface area contributed by atoms with Gasteiger partial charge in [-0.15, -0.1) is 0 Å². The number of hydrogen-bond acceptors (Lipinski definition) is 4. The average molecular weight is 640 g/mol. The Bertz CT molecular complexity index is 1300. The van der Waals surface area contributed by atoms with Crippen LogP contribution in [0.15, 0.2) is 83.8 Å².